The third kappa shape index (κ3) is 1.80. The van der Waals surface area contributed by atoms with Crippen LogP contribution in [-0.2, 0) is 0 Å². The normalized spacial score (nSPS) is 45.9. The minimum absolute atomic E-state index is 0.652. The fourth-order valence-electron chi connectivity index (χ4n) is 3.95. The number of fused-ring (bicyclic) bond motifs is 2. The first kappa shape index (κ1) is 11.0. The molecule has 3 rings (SSSR count). The van der Waals surface area contributed by atoms with E-state index in [1.165, 1.54) is 38.6 Å². The Kier molecular flexibility index (Phi) is 2.56. The predicted molar refractivity (Wildman–Crippen MR) is 67.5 cm³/mol. The predicted octanol–water partition coefficient (Wildman–Crippen LogP) is 2.25. The van der Waals surface area contributed by atoms with E-state index in [4.69, 9.17) is 0 Å². The average Bonchev–Trinajstić information content (AvgIpc) is 2.78. The third-order valence-corrected chi connectivity index (χ3v) is 5.44. The van der Waals surface area contributed by atoms with E-state index in [9.17, 15) is 0 Å². The molecule has 2 heteroatoms. The Labute approximate surface area is 99.8 Å². The maximum atomic E-state index is 3.48. The second kappa shape index (κ2) is 3.71. The summed E-state index contributed by atoms with van der Waals surface area (Å²) in [6.45, 7) is 6.25. The molecule has 3 fully saturated rings. The molecule has 2 aliphatic heterocycles. The van der Waals surface area contributed by atoms with E-state index >= 15 is 0 Å². The first-order valence-electron chi connectivity index (χ1n) is 7.03. The minimum atomic E-state index is 0.652. The Morgan fingerprint density at radius 2 is 1.75 bits per heavy atom. The van der Waals surface area contributed by atoms with E-state index in [1.807, 2.05) is 0 Å². The number of piperidine rings is 1. The van der Waals surface area contributed by atoms with Crippen molar-refractivity contribution in [2.75, 3.05) is 13.6 Å². The van der Waals surface area contributed by atoms with Crippen molar-refractivity contribution >= 4 is 0 Å². The Morgan fingerprint density at radius 3 is 2.19 bits per heavy atom. The quantitative estimate of drug-likeness (QED) is 0.788. The fraction of sp³-hybridized carbons (Fsp3) is 1.00. The average molecular weight is 222 g/mol. The SMILES string of the molecule is CNC1CC2CCC(C1)N2CC1CC1(C)C. The molecular weight excluding hydrogens is 196 g/mol. The first-order valence-corrected chi connectivity index (χ1v) is 7.03. The Hall–Kier alpha value is -0.0800. The van der Waals surface area contributed by atoms with Crippen LogP contribution in [0.5, 0.6) is 0 Å². The van der Waals surface area contributed by atoms with E-state index < -0.39 is 0 Å². The number of nitrogens with one attached hydrogen (secondary N) is 1. The Morgan fingerprint density at radius 1 is 1.19 bits per heavy atom. The molecule has 2 nitrogen and oxygen atoms in total. The number of rotatable bonds is 3. The molecule has 2 heterocycles. The van der Waals surface area contributed by atoms with Crippen LogP contribution in [0.2, 0.25) is 0 Å². The van der Waals surface area contributed by atoms with Crippen molar-refractivity contribution in [2.24, 2.45) is 11.3 Å². The van der Waals surface area contributed by atoms with Gasteiger partial charge in [0.2, 0.25) is 0 Å². The van der Waals surface area contributed by atoms with Crippen LogP contribution in [0.25, 0.3) is 0 Å². The highest BCUT2D eigenvalue weighted by Crippen LogP contribution is 2.53. The molecule has 3 aliphatic rings. The van der Waals surface area contributed by atoms with Crippen molar-refractivity contribution in [3.63, 3.8) is 0 Å². The molecule has 0 aromatic carbocycles. The molecule has 0 radical (unpaired) electrons. The lowest BCUT2D eigenvalue weighted by Crippen LogP contribution is -2.49. The largest absolute Gasteiger partial charge is 0.317 e. The van der Waals surface area contributed by atoms with Gasteiger partial charge >= 0.3 is 0 Å². The van der Waals surface area contributed by atoms with Crippen LogP contribution in [0.1, 0.15) is 46.0 Å². The maximum absolute atomic E-state index is 3.48. The van der Waals surface area contributed by atoms with Crippen molar-refractivity contribution < 1.29 is 0 Å². The molecule has 1 N–H and O–H groups in total. The van der Waals surface area contributed by atoms with E-state index in [1.54, 1.807) is 0 Å². The molecular formula is C14H26N2. The molecule has 2 saturated heterocycles. The van der Waals surface area contributed by atoms with E-state index in [-0.39, 0.29) is 0 Å². The smallest absolute Gasteiger partial charge is 0.0114 e. The fourth-order valence-corrected chi connectivity index (χ4v) is 3.95. The summed E-state index contributed by atoms with van der Waals surface area (Å²) in [5, 5.41) is 3.48. The summed E-state index contributed by atoms with van der Waals surface area (Å²) >= 11 is 0. The zero-order valence-corrected chi connectivity index (χ0v) is 11.0. The molecule has 0 aromatic rings. The van der Waals surface area contributed by atoms with Gasteiger partial charge in [0, 0.05) is 24.7 Å². The Balaban J connectivity index is 1.61. The van der Waals surface area contributed by atoms with E-state index in [2.05, 4.69) is 31.1 Å². The van der Waals surface area contributed by atoms with Crippen molar-refractivity contribution in [3.8, 4) is 0 Å². The first-order chi connectivity index (χ1) is 7.60. The van der Waals surface area contributed by atoms with Gasteiger partial charge in [0.15, 0.2) is 0 Å². The second-order valence-corrected chi connectivity index (χ2v) is 6.93. The van der Waals surface area contributed by atoms with Gasteiger partial charge in [-0.2, -0.15) is 0 Å². The van der Waals surface area contributed by atoms with Crippen molar-refractivity contribution in [3.05, 3.63) is 0 Å². The molecule has 2 bridgehead atoms. The lowest BCUT2D eigenvalue weighted by atomic mass is 9.96. The number of hydrogen-bond acceptors (Lipinski definition) is 2. The lowest BCUT2D eigenvalue weighted by molar-refractivity contribution is 0.109. The summed E-state index contributed by atoms with van der Waals surface area (Å²) in [7, 11) is 2.13. The summed E-state index contributed by atoms with van der Waals surface area (Å²) in [6, 6.07) is 2.58. The van der Waals surface area contributed by atoms with Gasteiger partial charge in [0.1, 0.15) is 0 Å². The Bertz CT molecular complexity index is 260. The van der Waals surface area contributed by atoms with Crippen LogP contribution in [0.3, 0.4) is 0 Å². The summed E-state index contributed by atoms with van der Waals surface area (Å²) < 4.78 is 0. The summed E-state index contributed by atoms with van der Waals surface area (Å²) in [4.78, 5) is 2.85. The van der Waals surface area contributed by atoms with Gasteiger partial charge in [-0.15, -0.1) is 0 Å². The van der Waals surface area contributed by atoms with Gasteiger partial charge in [-0.05, 0) is 50.5 Å². The number of nitrogens with zero attached hydrogens (tertiary/aromatic N) is 1. The van der Waals surface area contributed by atoms with E-state index in [0.717, 1.165) is 24.0 Å². The molecule has 3 atom stereocenters. The minimum Gasteiger partial charge on any atom is -0.317 e. The molecule has 0 aromatic heterocycles. The maximum Gasteiger partial charge on any atom is 0.0114 e. The van der Waals surface area contributed by atoms with Gasteiger partial charge in [-0.1, -0.05) is 13.8 Å². The van der Waals surface area contributed by atoms with Gasteiger partial charge in [0.05, 0.1) is 0 Å². The summed E-state index contributed by atoms with van der Waals surface area (Å²) in [5.74, 6) is 0.988. The van der Waals surface area contributed by atoms with Gasteiger partial charge < -0.3 is 5.32 Å². The van der Waals surface area contributed by atoms with Crippen LogP contribution in [-0.4, -0.2) is 36.6 Å². The van der Waals surface area contributed by atoms with Gasteiger partial charge in [-0.25, -0.2) is 0 Å². The second-order valence-electron chi connectivity index (χ2n) is 6.93. The molecule has 0 amide bonds. The van der Waals surface area contributed by atoms with Crippen molar-refractivity contribution in [1.29, 1.82) is 0 Å². The van der Waals surface area contributed by atoms with Crippen molar-refractivity contribution in [2.45, 2.75) is 64.1 Å². The van der Waals surface area contributed by atoms with Crippen LogP contribution in [0, 0.1) is 11.3 Å². The highest BCUT2D eigenvalue weighted by atomic mass is 15.2. The number of hydrogen-bond donors (Lipinski definition) is 1. The zero-order valence-electron chi connectivity index (χ0n) is 11.0. The molecule has 16 heavy (non-hydrogen) atoms. The van der Waals surface area contributed by atoms with Crippen LogP contribution in [0.15, 0.2) is 0 Å². The molecule has 0 spiro atoms. The zero-order chi connectivity index (χ0) is 11.3. The van der Waals surface area contributed by atoms with Crippen LogP contribution in [0.4, 0.5) is 0 Å². The molecule has 1 aliphatic carbocycles. The molecule has 92 valence electrons. The highest BCUT2D eigenvalue weighted by molar-refractivity contribution is 5.03. The standard InChI is InChI=1S/C14H26N2/c1-14(2)8-10(14)9-16-12-4-5-13(16)7-11(6-12)15-3/h10-13,15H,4-9H2,1-3H3. The van der Waals surface area contributed by atoms with Gasteiger partial charge in [0.25, 0.3) is 0 Å². The van der Waals surface area contributed by atoms with Crippen molar-refractivity contribution in [1.82, 2.24) is 10.2 Å². The monoisotopic (exact) mass is 222 g/mol. The van der Waals surface area contributed by atoms with E-state index in [0.29, 0.717) is 5.41 Å². The summed E-state index contributed by atoms with van der Waals surface area (Å²) in [6.07, 6.45) is 7.14. The summed E-state index contributed by atoms with van der Waals surface area (Å²) in [5.41, 5.74) is 0.652. The topological polar surface area (TPSA) is 15.3 Å². The van der Waals surface area contributed by atoms with Crippen LogP contribution >= 0.6 is 0 Å². The van der Waals surface area contributed by atoms with Gasteiger partial charge in [-0.3, -0.25) is 4.90 Å². The third-order valence-electron chi connectivity index (χ3n) is 5.44. The lowest BCUT2D eigenvalue weighted by Gasteiger charge is -2.39. The molecule has 1 saturated carbocycles. The molecule has 3 unspecified atom stereocenters. The van der Waals surface area contributed by atoms with Crippen LogP contribution < -0.4 is 5.32 Å². The highest BCUT2D eigenvalue weighted by Gasteiger charge is 2.49.